The van der Waals surface area contributed by atoms with E-state index in [1.165, 1.54) is 12.1 Å². The number of aliphatic hydroxyl groups is 2. The van der Waals surface area contributed by atoms with Gasteiger partial charge in [-0.2, -0.15) is 0 Å². The quantitative estimate of drug-likeness (QED) is 0.0721. The molecule has 16 nitrogen and oxygen atoms in total. The first-order valence-corrected chi connectivity index (χ1v) is 13.0. The molecule has 0 aliphatic heterocycles. The minimum atomic E-state index is -2.56. The molecule has 2 aromatic rings. The van der Waals surface area contributed by atoms with Crippen LogP contribution in [0.3, 0.4) is 0 Å². The third-order valence-corrected chi connectivity index (χ3v) is 6.50. The highest BCUT2D eigenvalue weighted by atomic mass is 16.6. The summed E-state index contributed by atoms with van der Waals surface area (Å²) in [6.45, 7) is 0. The van der Waals surface area contributed by atoms with E-state index >= 15 is 0 Å². The molecule has 1 saturated carbocycles. The highest BCUT2D eigenvalue weighted by Crippen LogP contribution is 2.37. The molecule has 1 aliphatic carbocycles. The van der Waals surface area contributed by atoms with Crippen LogP contribution in [0.5, 0.6) is 23.0 Å². The Morgan fingerprint density at radius 2 is 1.33 bits per heavy atom. The SMILES string of the molecule is O=C(/C=C/c1ccc(O)c(O)c1)OC1C(O)CC(OC(=O)/C=C/c2ccc(O)c(O)c2)(C(=O)O)CC1OC(=O)CC(O)C(=O)O. The van der Waals surface area contributed by atoms with E-state index in [9.17, 15) is 59.7 Å². The van der Waals surface area contributed by atoms with Crippen molar-refractivity contribution in [1.29, 1.82) is 0 Å². The van der Waals surface area contributed by atoms with Crippen LogP contribution in [0.15, 0.2) is 48.6 Å². The number of phenols is 4. The maximum absolute atomic E-state index is 12.6. The van der Waals surface area contributed by atoms with Gasteiger partial charge in [0.15, 0.2) is 35.2 Å². The number of aliphatic hydroxyl groups excluding tert-OH is 2. The summed E-state index contributed by atoms with van der Waals surface area (Å²) in [6, 6.07) is 7.12. The summed E-state index contributed by atoms with van der Waals surface area (Å²) in [5.74, 6) is -9.17. The van der Waals surface area contributed by atoms with Crippen molar-refractivity contribution < 1.29 is 79.0 Å². The number of esters is 3. The van der Waals surface area contributed by atoms with Crippen LogP contribution in [0, 0.1) is 0 Å². The van der Waals surface area contributed by atoms with Gasteiger partial charge in [0.1, 0.15) is 6.10 Å². The Morgan fingerprint density at radius 3 is 1.82 bits per heavy atom. The molecule has 0 amide bonds. The van der Waals surface area contributed by atoms with Crippen molar-refractivity contribution in [2.24, 2.45) is 0 Å². The normalized spacial score (nSPS) is 22.0. The molecule has 5 unspecified atom stereocenters. The zero-order chi connectivity index (χ0) is 33.5. The molecule has 5 atom stereocenters. The molecule has 1 aliphatic rings. The lowest BCUT2D eigenvalue weighted by atomic mass is 9.79. The van der Waals surface area contributed by atoms with Gasteiger partial charge in [0.25, 0.3) is 0 Å². The lowest BCUT2D eigenvalue weighted by Gasteiger charge is -2.42. The van der Waals surface area contributed by atoms with E-state index in [-0.39, 0.29) is 11.1 Å². The van der Waals surface area contributed by atoms with Gasteiger partial charge in [-0.05, 0) is 47.5 Å². The second-order valence-electron chi connectivity index (χ2n) is 9.85. The van der Waals surface area contributed by atoms with E-state index < -0.39 is 102 Å². The number of carboxylic acid groups (broad SMARTS) is 2. The van der Waals surface area contributed by atoms with E-state index in [2.05, 4.69) is 0 Å². The number of phenolic OH excluding ortho intramolecular Hbond substituents is 4. The fourth-order valence-electron chi connectivity index (χ4n) is 4.27. The maximum Gasteiger partial charge on any atom is 0.348 e. The summed E-state index contributed by atoms with van der Waals surface area (Å²) in [4.78, 5) is 60.9. The molecule has 0 radical (unpaired) electrons. The van der Waals surface area contributed by atoms with Crippen molar-refractivity contribution in [2.45, 2.75) is 49.3 Å². The van der Waals surface area contributed by atoms with E-state index in [0.717, 1.165) is 48.6 Å². The standard InChI is InChI=1S/C29H28O16/c30-16-5-1-14(9-18(16)32)3-7-23(36)44-26-21(35)12-29(28(41)42,13-22(26)43-25(38)11-20(34)27(39)40)45-24(37)8-4-15-2-6-17(31)19(33)10-15/h1-10,20-22,26,30-35H,11-13H2,(H,39,40)(H,41,42)/b7-3+,8-4+. The summed E-state index contributed by atoms with van der Waals surface area (Å²) in [7, 11) is 0. The zero-order valence-corrected chi connectivity index (χ0v) is 23.0. The number of hydrogen-bond acceptors (Lipinski definition) is 14. The van der Waals surface area contributed by atoms with Crippen LogP contribution in [-0.2, 0) is 38.2 Å². The Hall–Kier alpha value is -5.61. The van der Waals surface area contributed by atoms with Crippen molar-refractivity contribution in [3.8, 4) is 23.0 Å². The van der Waals surface area contributed by atoms with Crippen LogP contribution in [0.1, 0.15) is 30.4 Å². The third-order valence-electron chi connectivity index (χ3n) is 6.50. The summed E-state index contributed by atoms with van der Waals surface area (Å²) < 4.78 is 15.5. The molecule has 0 heterocycles. The van der Waals surface area contributed by atoms with E-state index in [1.54, 1.807) is 0 Å². The first-order valence-electron chi connectivity index (χ1n) is 13.0. The van der Waals surface area contributed by atoms with Gasteiger partial charge < -0.3 is 55.1 Å². The predicted octanol–water partition coefficient (Wildman–Crippen LogP) is 0.416. The fourth-order valence-corrected chi connectivity index (χ4v) is 4.27. The maximum atomic E-state index is 12.6. The predicted molar refractivity (Wildman–Crippen MR) is 147 cm³/mol. The average Bonchev–Trinajstić information content (AvgIpc) is 2.96. The van der Waals surface area contributed by atoms with Crippen LogP contribution >= 0.6 is 0 Å². The molecule has 0 spiro atoms. The summed E-state index contributed by atoms with van der Waals surface area (Å²) in [6.07, 6.45) is -6.68. The Kier molecular flexibility index (Phi) is 10.7. The molecule has 2 aromatic carbocycles. The van der Waals surface area contributed by atoms with Gasteiger partial charge in [-0.3, -0.25) is 4.79 Å². The lowest BCUT2D eigenvalue weighted by molar-refractivity contribution is -0.214. The average molecular weight is 633 g/mol. The number of aliphatic carboxylic acids is 2. The number of rotatable bonds is 11. The second-order valence-corrected chi connectivity index (χ2v) is 9.85. The third kappa shape index (κ3) is 8.94. The van der Waals surface area contributed by atoms with Crippen LogP contribution in [-0.4, -0.2) is 101 Å². The van der Waals surface area contributed by atoms with Crippen LogP contribution in [0.25, 0.3) is 12.2 Å². The Labute approximate surface area is 253 Å². The molecular weight excluding hydrogens is 604 g/mol. The number of benzene rings is 2. The van der Waals surface area contributed by atoms with Crippen LogP contribution in [0.4, 0.5) is 0 Å². The van der Waals surface area contributed by atoms with Gasteiger partial charge in [-0.25, -0.2) is 19.2 Å². The van der Waals surface area contributed by atoms with Crippen molar-refractivity contribution in [3.05, 3.63) is 59.7 Å². The van der Waals surface area contributed by atoms with Crippen molar-refractivity contribution >= 4 is 42.0 Å². The number of ether oxygens (including phenoxy) is 3. The number of carbonyl (C=O) groups excluding carboxylic acids is 3. The topological polar surface area (TPSA) is 275 Å². The monoisotopic (exact) mass is 632 g/mol. The Morgan fingerprint density at radius 1 is 0.800 bits per heavy atom. The number of aromatic hydroxyl groups is 4. The van der Waals surface area contributed by atoms with E-state index in [0.29, 0.717) is 0 Å². The molecule has 0 aromatic heterocycles. The molecule has 16 heteroatoms. The van der Waals surface area contributed by atoms with Gasteiger partial charge in [-0.1, -0.05) is 12.1 Å². The smallest absolute Gasteiger partial charge is 0.348 e. The van der Waals surface area contributed by atoms with Crippen molar-refractivity contribution in [1.82, 2.24) is 0 Å². The Balaban J connectivity index is 1.85. The molecular formula is C29H28O16. The largest absolute Gasteiger partial charge is 0.504 e. The molecule has 240 valence electrons. The fraction of sp³-hybridized carbons (Fsp3) is 0.276. The summed E-state index contributed by atoms with van der Waals surface area (Å²) in [5.41, 5.74) is -2.11. The molecule has 3 rings (SSSR count). The first-order chi connectivity index (χ1) is 21.1. The minimum Gasteiger partial charge on any atom is -0.504 e. The van der Waals surface area contributed by atoms with Gasteiger partial charge in [0.2, 0.25) is 5.60 Å². The van der Waals surface area contributed by atoms with Gasteiger partial charge >= 0.3 is 29.8 Å². The van der Waals surface area contributed by atoms with Gasteiger partial charge in [0, 0.05) is 25.0 Å². The molecule has 1 fully saturated rings. The molecule has 45 heavy (non-hydrogen) atoms. The lowest BCUT2D eigenvalue weighted by Crippen LogP contribution is -2.60. The first kappa shape index (κ1) is 33.9. The van der Waals surface area contributed by atoms with Crippen molar-refractivity contribution in [2.75, 3.05) is 0 Å². The van der Waals surface area contributed by atoms with Crippen LogP contribution in [0.2, 0.25) is 0 Å². The van der Waals surface area contributed by atoms with E-state index in [4.69, 9.17) is 19.3 Å². The van der Waals surface area contributed by atoms with Crippen LogP contribution < -0.4 is 0 Å². The molecule has 8 N–H and O–H groups in total. The van der Waals surface area contributed by atoms with Gasteiger partial charge in [0.05, 0.1) is 12.5 Å². The summed E-state index contributed by atoms with van der Waals surface area (Å²) in [5, 5.41) is 77.3. The van der Waals surface area contributed by atoms with Gasteiger partial charge in [-0.15, -0.1) is 0 Å². The number of carbonyl (C=O) groups is 5. The van der Waals surface area contributed by atoms with Crippen molar-refractivity contribution in [3.63, 3.8) is 0 Å². The number of carboxylic acids is 2. The number of hydrogen-bond donors (Lipinski definition) is 8. The van der Waals surface area contributed by atoms with E-state index in [1.807, 2.05) is 0 Å². The summed E-state index contributed by atoms with van der Waals surface area (Å²) >= 11 is 0. The minimum absolute atomic E-state index is 0.210. The molecule has 0 saturated heterocycles. The highest BCUT2D eigenvalue weighted by Gasteiger charge is 2.56. The molecule has 0 bridgehead atoms. The second kappa shape index (κ2) is 14.2. The highest BCUT2D eigenvalue weighted by molar-refractivity contribution is 5.91. The Bertz CT molecular complexity index is 1530. The zero-order valence-electron chi connectivity index (χ0n) is 23.0.